The molecule has 0 atom stereocenters. The number of aliphatic hydroxyl groups excluding tert-OH is 1. The average Bonchev–Trinajstić information content (AvgIpc) is 3.35. The lowest BCUT2D eigenvalue weighted by atomic mass is 10.2. The molecule has 2 aliphatic rings. The van der Waals surface area contributed by atoms with E-state index >= 15 is 0 Å². The number of anilines is 4. The van der Waals surface area contributed by atoms with Crippen molar-refractivity contribution in [2.24, 2.45) is 0 Å². The van der Waals surface area contributed by atoms with Gasteiger partial charge in [0, 0.05) is 57.2 Å². The predicted octanol–water partition coefficient (Wildman–Crippen LogP) is 1.59. The molecule has 1 aromatic heterocycles. The molecule has 2 aromatic rings. The number of amides is 1. The van der Waals surface area contributed by atoms with Crippen LogP contribution < -0.4 is 20.0 Å². The van der Waals surface area contributed by atoms with Crippen LogP contribution in [0, 0.1) is 0 Å². The van der Waals surface area contributed by atoms with Gasteiger partial charge in [0.25, 0.3) is 5.91 Å². The van der Waals surface area contributed by atoms with Crippen molar-refractivity contribution in [3.63, 3.8) is 0 Å². The number of nitrogens with one attached hydrogen (secondary N) is 1. The second-order valence-corrected chi connectivity index (χ2v) is 7.85. The van der Waals surface area contributed by atoms with Crippen LogP contribution in [0.25, 0.3) is 0 Å². The molecule has 2 aliphatic heterocycles. The zero-order valence-corrected chi connectivity index (χ0v) is 18.0. The van der Waals surface area contributed by atoms with Gasteiger partial charge in [0.15, 0.2) is 0 Å². The van der Waals surface area contributed by atoms with E-state index in [2.05, 4.69) is 26.3 Å². The minimum atomic E-state index is -0.283. The van der Waals surface area contributed by atoms with Crippen LogP contribution in [0.5, 0.6) is 0 Å². The van der Waals surface area contributed by atoms with Crippen LogP contribution in [0.1, 0.15) is 23.3 Å². The van der Waals surface area contributed by atoms with Crippen molar-refractivity contribution in [1.82, 2.24) is 9.97 Å². The van der Waals surface area contributed by atoms with E-state index in [4.69, 9.17) is 4.74 Å². The standard InChI is InChI=1S/C22H30N6O3/c1-26(9-12-29)20-16-19(24-22(25-20)28-10-13-31-14-11-28)21(30)23-17-5-4-6-18(15-17)27-7-2-3-8-27/h4-6,15-16,29H,2-3,7-14H2,1H3,(H,23,30). The van der Waals surface area contributed by atoms with E-state index in [0.717, 1.165) is 24.5 Å². The quantitative estimate of drug-likeness (QED) is 0.690. The first-order valence-corrected chi connectivity index (χ1v) is 10.8. The summed E-state index contributed by atoms with van der Waals surface area (Å²) >= 11 is 0. The Morgan fingerprint density at radius 1 is 1.13 bits per heavy atom. The Hall–Kier alpha value is -2.91. The summed E-state index contributed by atoms with van der Waals surface area (Å²) in [5, 5.41) is 12.3. The number of hydrogen-bond acceptors (Lipinski definition) is 8. The normalized spacial score (nSPS) is 16.5. The number of morpholine rings is 1. The van der Waals surface area contributed by atoms with Crippen molar-refractivity contribution < 1.29 is 14.6 Å². The largest absolute Gasteiger partial charge is 0.395 e. The molecule has 0 aliphatic carbocycles. The minimum absolute atomic E-state index is 0.00177. The van der Waals surface area contributed by atoms with Crippen molar-refractivity contribution in [2.45, 2.75) is 12.8 Å². The highest BCUT2D eigenvalue weighted by molar-refractivity contribution is 6.03. The molecule has 0 bridgehead atoms. The molecule has 0 radical (unpaired) electrons. The molecule has 166 valence electrons. The minimum Gasteiger partial charge on any atom is -0.395 e. The summed E-state index contributed by atoms with van der Waals surface area (Å²) in [5.41, 5.74) is 2.16. The number of nitrogens with zero attached hydrogens (tertiary/aromatic N) is 5. The maximum absolute atomic E-state index is 13.1. The number of hydrogen-bond donors (Lipinski definition) is 2. The SMILES string of the molecule is CN(CCO)c1cc(C(=O)Nc2cccc(N3CCCC3)c2)nc(N2CCOCC2)n1. The van der Waals surface area contributed by atoms with E-state index in [9.17, 15) is 9.90 Å². The smallest absolute Gasteiger partial charge is 0.274 e. The maximum Gasteiger partial charge on any atom is 0.274 e. The van der Waals surface area contributed by atoms with Gasteiger partial charge in [0.1, 0.15) is 11.5 Å². The van der Waals surface area contributed by atoms with Crippen LogP contribution in [-0.2, 0) is 4.74 Å². The highest BCUT2D eigenvalue weighted by atomic mass is 16.5. The lowest BCUT2D eigenvalue weighted by molar-refractivity contribution is 0.102. The van der Waals surface area contributed by atoms with E-state index in [0.29, 0.717) is 50.3 Å². The van der Waals surface area contributed by atoms with Crippen molar-refractivity contribution in [3.05, 3.63) is 36.0 Å². The molecule has 9 nitrogen and oxygen atoms in total. The number of carbonyl (C=O) groups excluding carboxylic acids is 1. The summed E-state index contributed by atoms with van der Waals surface area (Å²) in [4.78, 5) is 28.4. The van der Waals surface area contributed by atoms with Crippen LogP contribution in [0.2, 0.25) is 0 Å². The lowest BCUT2D eigenvalue weighted by Crippen LogP contribution is -2.38. The number of rotatable bonds is 7. The highest BCUT2D eigenvalue weighted by Crippen LogP contribution is 2.24. The van der Waals surface area contributed by atoms with Crippen LogP contribution in [0.4, 0.5) is 23.1 Å². The maximum atomic E-state index is 13.1. The van der Waals surface area contributed by atoms with Crippen molar-refractivity contribution >= 4 is 29.0 Å². The summed E-state index contributed by atoms with van der Waals surface area (Å²) in [6.07, 6.45) is 2.40. The van der Waals surface area contributed by atoms with Gasteiger partial charge in [-0.25, -0.2) is 4.98 Å². The zero-order chi connectivity index (χ0) is 21.6. The summed E-state index contributed by atoms with van der Waals surface area (Å²) in [6.45, 7) is 5.06. The zero-order valence-electron chi connectivity index (χ0n) is 18.0. The molecule has 2 N–H and O–H groups in total. The van der Waals surface area contributed by atoms with Crippen molar-refractivity contribution in [1.29, 1.82) is 0 Å². The fourth-order valence-corrected chi connectivity index (χ4v) is 3.85. The Morgan fingerprint density at radius 3 is 2.65 bits per heavy atom. The molecule has 1 amide bonds. The van der Waals surface area contributed by atoms with Gasteiger partial charge in [-0.15, -0.1) is 0 Å². The first kappa shape index (κ1) is 21.3. The van der Waals surface area contributed by atoms with Crippen molar-refractivity contribution in [2.75, 3.05) is 79.6 Å². The molecule has 0 spiro atoms. The summed E-state index contributed by atoms with van der Waals surface area (Å²) in [7, 11) is 1.84. The van der Waals surface area contributed by atoms with E-state index in [1.165, 1.54) is 12.8 Å². The van der Waals surface area contributed by atoms with Crippen LogP contribution >= 0.6 is 0 Å². The number of ether oxygens (including phenoxy) is 1. The van der Waals surface area contributed by atoms with Gasteiger partial charge in [-0.05, 0) is 31.0 Å². The monoisotopic (exact) mass is 426 g/mol. The van der Waals surface area contributed by atoms with Gasteiger partial charge >= 0.3 is 0 Å². The Kier molecular flexibility index (Phi) is 6.83. The summed E-state index contributed by atoms with van der Waals surface area (Å²) in [6, 6.07) is 9.60. The topological polar surface area (TPSA) is 94.1 Å². The second kappa shape index (κ2) is 9.93. The Balaban J connectivity index is 1.57. The number of carbonyl (C=O) groups is 1. The Morgan fingerprint density at radius 2 is 1.90 bits per heavy atom. The third-order valence-electron chi connectivity index (χ3n) is 5.63. The molecule has 0 saturated carbocycles. The molecule has 2 fully saturated rings. The molecule has 4 rings (SSSR count). The summed E-state index contributed by atoms with van der Waals surface area (Å²) in [5.74, 6) is 0.817. The molecular formula is C22H30N6O3. The van der Waals surface area contributed by atoms with E-state index in [1.807, 2.05) is 35.0 Å². The van der Waals surface area contributed by atoms with Gasteiger partial charge in [-0.3, -0.25) is 4.79 Å². The fraction of sp³-hybridized carbons (Fsp3) is 0.500. The van der Waals surface area contributed by atoms with E-state index in [1.54, 1.807) is 6.07 Å². The lowest BCUT2D eigenvalue weighted by Gasteiger charge is -2.28. The molecule has 31 heavy (non-hydrogen) atoms. The van der Waals surface area contributed by atoms with Crippen molar-refractivity contribution in [3.8, 4) is 0 Å². The van der Waals surface area contributed by atoms with Crippen LogP contribution in [0.15, 0.2) is 30.3 Å². The Bertz CT molecular complexity index is 897. The fourth-order valence-electron chi connectivity index (χ4n) is 3.85. The molecule has 9 heteroatoms. The van der Waals surface area contributed by atoms with Gasteiger partial charge in [0.05, 0.1) is 19.8 Å². The van der Waals surface area contributed by atoms with E-state index in [-0.39, 0.29) is 12.5 Å². The molecular weight excluding hydrogens is 396 g/mol. The van der Waals surface area contributed by atoms with Gasteiger partial charge < -0.3 is 29.9 Å². The number of likely N-dealkylation sites (N-methyl/N-ethyl adjacent to an activating group) is 1. The molecule has 2 saturated heterocycles. The summed E-state index contributed by atoms with van der Waals surface area (Å²) < 4.78 is 5.42. The van der Waals surface area contributed by atoms with Gasteiger partial charge in [-0.2, -0.15) is 4.98 Å². The second-order valence-electron chi connectivity index (χ2n) is 7.85. The molecule has 1 aromatic carbocycles. The number of aliphatic hydroxyl groups is 1. The third kappa shape index (κ3) is 5.23. The average molecular weight is 427 g/mol. The number of aromatic nitrogens is 2. The third-order valence-corrected chi connectivity index (χ3v) is 5.63. The van der Waals surface area contributed by atoms with Crippen LogP contribution in [0.3, 0.4) is 0 Å². The first-order chi connectivity index (χ1) is 15.1. The van der Waals surface area contributed by atoms with E-state index < -0.39 is 0 Å². The Labute approximate surface area is 182 Å². The van der Waals surface area contributed by atoms with Crippen LogP contribution in [-0.4, -0.2) is 80.6 Å². The first-order valence-electron chi connectivity index (χ1n) is 10.8. The molecule has 3 heterocycles. The predicted molar refractivity (Wildman–Crippen MR) is 121 cm³/mol. The van der Waals surface area contributed by atoms with Gasteiger partial charge in [0.2, 0.25) is 5.95 Å². The molecule has 0 unspecified atom stereocenters. The van der Waals surface area contributed by atoms with Gasteiger partial charge in [-0.1, -0.05) is 6.07 Å². The highest BCUT2D eigenvalue weighted by Gasteiger charge is 2.20. The number of benzene rings is 1.